The van der Waals surface area contributed by atoms with Crippen LogP contribution in [-0.4, -0.2) is 29.5 Å². The van der Waals surface area contributed by atoms with Crippen LogP contribution in [0.1, 0.15) is 108 Å². The zero-order chi connectivity index (χ0) is 30.6. The number of esters is 1. The lowest BCUT2D eigenvalue weighted by molar-refractivity contribution is -0.153. The summed E-state index contributed by atoms with van der Waals surface area (Å²) >= 11 is 1.27. The van der Waals surface area contributed by atoms with Crippen molar-refractivity contribution in [3.8, 4) is 0 Å². The van der Waals surface area contributed by atoms with E-state index in [4.69, 9.17) is 9.47 Å². The summed E-state index contributed by atoms with van der Waals surface area (Å²) in [6.07, 6.45) is 11.3. The molecule has 0 saturated carbocycles. The number of hydrogen-bond acceptors (Lipinski definition) is 5. The lowest BCUT2D eigenvalue weighted by Gasteiger charge is -2.37. The van der Waals surface area contributed by atoms with E-state index in [-0.39, 0.29) is 17.7 Å². The third-order valence-electron chi connectivity index (χ3n) is 7.72. The highest BCUT2D eigenvalue weighted by atomic mass is 32.2. The molecule has 0 radical (unpaired) electrons. The van der Waals surface area contributed by atoms with E-state index in [0.29, 0.717) is 18.6 Å². The second-order valence-corrected chi connectivity index (χ2v) is 12.3. The predicted octanol–water partition coefficient (Wildman–Crippen LogP) is 9.89. The second kappa shape index (κ2) is 20.1. The molecule has 0 aliphatic carbocycles. The molecule has 0 spiro atoms. The summed E-state index contributed by atoms with van der Waals surface area (Å²) in [6.45, 7) is 4.54. The zero-order valence-corrected chi connectivity index (χ0v) is 27.0. The van der Waals surface area contributed by atoms with Crippen molar-refractivity contribution in [3.63, 3.8) is 0 Å². The van der Waals surface area contributed by atoms with Crippen molar-refractivity contribution < 1.29 is 19.1 Å². The number of thioether (sulfide) groups is 1. The van der Waals surface area contributed by atoms with Crippen LogP contribution in [0, 0.1) is 0 Å². The SMILES string of the molecule is CCCCCCCC(=O)O[C@@H](COC(c1ccccc1)(c1ccccc1)c1ccccc1)CSC(=O)CCCCCCC. The van der Waals surface area contributed by atoms with Crippen molar-refractivity contribution in [1.29, 1.82) is 0 Å². The number of carbonyl (C=O) groups is 2. The minimum absolute atomic E-state index is 0.151. The second-order valence-electron chi connectivity index (χ2n) is 11.2. The van der Waals surface area contributed by atoms with Gasteiger partial charge in [0.05, 0.1) is 6.61 Å². The first-order chi connectivity index (χ1) is 21.1. The third-order valence-corrected chi connectivity index (χ3v) is 8.79. The lowest BCUT2D eigenvalue weighted by Crippen LogP contribution is -2.37. The van der Waals surface area contributed by atoms with Gasteiger partial charge in [0.15, 0.2) is 5.12 Å². The Bertz CT molecular complexity index is 1070. The van der Waals surface area contributed by atoms with E-state index in [0.717, 1.165) is 48.8 Å². The summed E-state index contributed by atoms with van der Waals surface area (Å²) in [5, 5.41) is 0.151. The van der Waals surface area contributed by atoms with Crippen LogP contribution in [0.25, 0.3) is 0 Å². The van der Waals surface area contributed by atoms with Crippen LogP contribution in [0.5, 0.6) is 0 Å². The molecule has 232 valence electrons. The molecule has 0 saturated heterocycles. The highest BCUT2D eigenvalue weighted by Gasteiger charge is 2.38. The Morgan fingerprint density at radius 1 is 0.628 bits per heavy atom. The number of benzene rings is 3. The lowest BCUT2D eigenvalue weighted by atomic mass is 9.80. The van der Waals surface area contributed by atoms with Gasteiger partial charge in [0, 0.05) is 18.6 Å². The number of hydrogen-bond donors (Lipinski definition) is 0. The summed E-state index contributed by atoms with van der Waals surface area (Å²) in [5.74, 6) is 0.159. The molecule has 1 atom stereocenters. The van der Waals surface area contributed by atoms with Crippen LogP contribution < -0.4 is 0 Å². The maximum atomic E-state index is 13.0. The Hall–Kier alpha value is -2.89. The van der Waals surface area contributed by atoms with Crippen LogP contribution in [0.2, 0.25) is 0 Å². The average molecular weight is 603 g/mol. The van der Waals surface area contributed by atoms with Crippen molar-refractivity contribution in [2.75, 3.05) is 12.4 Å². The molecule has 3 rings (SSSR count). The predicted molar refractivity (Wildman–Crippen MR) is 179 cm³/mol. The molecule has 0 unspecified atom stereocenters. The first kappa shape index (κ1) is 34.6. The fourth-order valence-corrected chi connectivity index (χ4v) is 6.18. The van der Waals surface area contributed by atoms with Crippen molar-refractivity contribution >= 4 is 22.8 Å². The molecule has 43 heavy (non-hydrogen) atoms. The highest BCUT2D eigenvalue weighted by molar-refractivity contribution is 8.13. The molecule has 0 amide bonds. The molecule has 3 aromatic carbocycles. The van der Waals surface area contributed by atoms with Crippen LogP contribution in [0.3, 0.4) is 0 Å². The van der Waals surface area contributed by atoms with Gasteiger partial charge in [-0.2, -0.15) is 0 Å². The van der Waals surface area contributed by atoms with Crippen LogP contribution in [-0.2, 0) is 24.7 Å². The molecule has 0 aromatic heterocycles. The Morgan fingerprint density at radius 3 is 1.53 bits per heavy atom. The number of unbranched alkanes of at least 4 members (excludes halogenated alkanes) is 8. The Labute approximate surface area is 264 Å². The van der Waals surface area contributed by atoms with Crippen LogP contribution >= 0.6 is 11.8 Å². The summed E-state index contributed by atoms with van der Waals surface area (Å²) in [6, 6.07) is 30.6. The largest absolute Gasteiger partial charge is 0.459 e. The molecule has 0 bridgehead atoms. The van der Waals surface area contributed by atoms with E-state index >= 15 is 0 Å². The van der Waals surface area contributed by atoms with Gasteiger partial charge in [-0.15, -0.1) is 0 Å². The van der Waals surface area contributed by atoms with E-state index in [2.05, 4.69) is 50.2 Å². The van der Waals surface area contributed by atoms with E-state index in [1.807, 2.05) is 54.6 Å². The summed E-state index contributed by atoms with van der Waals surface area (Å²) in [7, 11) is 0. The van der Waals surface area contributed by atoms with E-state index in [1.165, 1.54) is 43.9 Å². The topological polar surface area (TPSA) is 52.6 Å². The van der Waals surface area contributed by atoms with Gasteiger partial charge in [0.1, 0.15) is 11.7 Å². The molecule has 0 heterocycles. The third kappa shape index (κ3) is 11.6. The van der Waals surface area contributed by atoms with Gasteiger partial charge in [0.25, 0.3) is 0 Å². The van der Waals surface area contributed by atoms with E-state index in [1.54, 1.807) is 0 Å². The average Bonchev–Trinajstić information content (AvgIpc) is 3.05. The Kier molecular flexibility index (Phi) is 16.2. The van der Waals surface area contributed by atoms with Crippen molar-refractivity contribution in [2.24, 2.45) is 0 Å². The molecule has 0 N–H and O–H groups in total. The molecule has 5 heteroatoms. The molecular formula is C38H50O4S. The molecule has 3 aromatic rings. The minimum Gasteiger partial charge on any atom is -0.459 e. The Morgan fingerprint density at radius 2 is 1.07 bits per heavy atom. The monoisotopic (exact) mass is 602 g/mol. The normalized spacial score (nSPS) is 12.1. The van der Waals surface area contributed by atoms with Gasteiger partial charge < -0.3 is 9.47 Å². The van der Waals surface area contributed by atoms with Crippen LogP contribution in [0.4, 0.5) is 0 Å². The highest BCUT2D eigenvalue weighted by Crippen LogP contribution is 2.40. The summed E-state index contributed by atoms with van der Waals surface area (Å²) in [4.78, 5) is 25.8. The summed E-state index contributed by atoms with van der Waals surface area (Å²) < 4.78 is 13.0. The van der Waals surface area contributed by atoms with E-state index < -0.39 is 11.7 Å². The van der Waals surface area contributed by atoms with E-state index in [9.17, 15) is 9.59 Å². The van der Waals surface area contributed by atoms with Gasteiger partial charge in [0.2, 0.25) is 0 Å². The standard InChI is InChI=1S/C38H50O4S/c1-3-5-7-9-20-28-36(39)42-35(31-43-37(40)29-21-10-8-6-4-2)30-41-38(32-22-14-11-15-23-32,33-24-16-12-17-25-33)34-26-18-13-19-27-34/h11-19,22-27,35H,3-10,20-21,28-31H2,1-2H3/t35-/m0/s1. The fourth-order valence-electron chi connectivity index (χ4n) is 5.35. The fraction of sp³-hybridized carbons (Fsp3) is 0.474. The maximum absolute atomic E-state index is 13.0. The first-order valence-electron chi connectivity index (χ1n) is 16.3. The quantitative estimate of drug-likeness (QED) is 0.0690. The van der Waals surface area contributed by atoms with Gasteiger partial charge in [-0.25, -0.2) is 0 Å². The van der Waals surface area contributed by atoms with Gasteiger partial charge in [-0.1, -0.05) is 168 Å². The van der Waals surface area contributed by atoms with Gasteiger partial charge in [-0.3, -0.25) is 9.59 Å². The molecular weight excluding hydrogens is 552 g/mol. The van der Waals surface area contributed by atoms with Crippen molar-refractivity contribution in [1.82, 2.24) is 0 Å². The minimum atomic E-state index is -0.914. The molecule has 4 nitrogen and oxygen atoms in total. The first-order valence-corrected chi connectivity index (χ1v) is 17.2. The molecule has 0 aliphatic heterocycles. The summed E-state index contributed by atoms with van der Waals surface area (Å²) in [5.41, 5.74) is 2.06. The van der Waals surface area contributed by atoms with Crippen molar-refractivity contribution in [2.45, 2.75) is 103 Å². The number of carbonyl (C=O) groups excluding carboxylic acids is 2. The zero-order valence-electron chi connectivity index (χ0n) is 26.2. The molecule has 0 fully saturated rings. The number of ether oxygens (including phenoxy) is 2. The van der Waals surface area contributed by atoms with Crippen LogP contribution in [0.15, 0.2) is 91.0 Å². The van der Waals surface area contributed by atoms with Gasteiger partial charge in [-0.05, 0) is 29.5 Å². The molecule has 0 aliphatic rings. The van der Waals surface area contributed by atoms with Crippen molar-refractivity contribution in [3.05, 3.63) is 108 Å². The smallest absolute Gasteiger partial charge is 0.306 e. The van der Waals surface area contributed by atoms with Gasteiger partial charge >= 0.3 is 5.97 Å². The number of rotatable bonds is 21. The Balaban J connectivity index is 1.81. The maximum Gasteiger partial charge on any atom is 0.306 e.